The number of nitrogens with zero attached hydrogens (tertiary/aromatic N) is 3. The van der Waals surface area contributed by atoms with Crippen LogP contribution in [0.2, 0.25) is 0 Å². The molecule has 3 aromatic rings. The molecule has 2 heterocycles. The van der Waals surface area contributed by atoms with Gasteiger partial charge in [-0.05, 0) is 32.0 Å². The van der Waals surface area contributed by atoms with Crippen molar-refractivity contribution >= 4 is 33.0 Å². The number of thiazole rings is 1. The van der Waals surface area contributed by atoms with E-state index in [2.05, 4.69) is 38.9 Å². The number of benzene rings is 1. The van der Waals surface area contributed by atoms with Crippen LogP contribution in [0.3, 0.4) is 0 Å². The molecule has 3 rings (SSSR count). The van der Waals surface area contributed by atoms with Crippen LogP contribution in [0, 0.1) is 6.92 Å². The van der Waals surface area contributed by atoms with E-state index in [1.165, 1.54) is 0 Å². The molecule has 6 heteroatoms. The Morgan fingerprint density at radius 2 is 2.12 bits per heavy atom. The first kappa shape index (κ1) is 17.6. The van der Waals surface area contributed by atoms with Crippen LogP contribution in [0.15, 0.2) is 73.4 Å². The van der Waals surface area contributed by atoms with E-state index in [0.717, 1.165) is 37.8 Å². The van der Waals surface area contributed by atoms with Crippen molar-refractivity contribution in [2.45, 2.75) is 13.8 Å². The molecule has 0 unspecified atom stereocenters. The summed E-state index contributed by atoms with van der Waals surface area (Å²) in [6.45, 7) is 8.14. The highest BCUT2D eigenvalue weighted by Crippen LogP contribution is 2.28. The van der Waals surface area contributed by atoms with E-state index in [0.29, 0.717) is 6.54 Å². The van der Waals surface area contributed by atoms with Gasteiger partial charge in [0, 0.05) is 15.4 Å². The molecule has 0 fully saturated rings. The first-order valence-corrected chi connectivity index (χ1v) is 9.46. The van der Waals surface area contributed by atoms with Crippen molar-refractivity contribution in [3.8, 4) is 11.3 Å². The molecule has 1 aromatic carbocycles. The Bertz CT molecular complexity index is 994. The zero-order valence-corrected chi connectivity index (χ0v) is 16.5. The van der Waals surface area contributed by atoms with Gasteiger partial charge in [0.25, 0.3) is 0 Å². The van der Waals surface area contributed by atoms with Gasteiger partial charge in [-0.3, -0.25) is 4.99 Å². The lowest BCUT2D eigenvalue weighted by molar-refractivity contribution is 0.524. The molecule has 0 bridgehead atoms. The molecule has 0 spiro atoms. The lowest BCUT2D eigenvalue weighted by atomic mass is 10.2. The number of aryl methyl sites for hydroxylation is 1. The van der Waals surface area contributed by atoms with Crippen molar-refractivity contribution in [3.63, 3.8) is 0 Å². The Kier molecular flexibility index (Phi) is 5.50. The number of furan rings is 1. The summed E-state index contributed by atoms with van der Waals surface area (Å²) in [5.41, 5.74) is 2.83. The number of hydrogen-bond donors (Lipinski definition) is 0. The maximum atomic E-state index is 5.69. The minimum atomic E-state index is 0.546. The van der Waals surface area contributed by atoms with E-state index < -0.39 is 0 Å². The molecule has 4 nitrogen and oxygen atoms in total. The van der Waals surface area contributed by atoms with Crippen molar-refractivity contribution in [2.75, 3.05) is 6.54 Å². The Labute approximate surface area is 159 Å². The highest BCUT2D eigenvalue weighted by Gasteiger charge is 2.12. The Hall–Kier alpha value is -2.18. The third-order valence-corrected chi connectivity index (χ3v) is 5.08. The monoisotopic (exact) mass is 415 g/mol. The summed E-state index contributed by atoms with van der Waals surface area (Å²) in [7, 11) is 0. The van der Waals surface area contributed by atoms with E-state index >= 15 is 0 Å². The fourth-order valence-electron chi connectivity index (χ4n) is 2.33. The number of hydrogen-bond acceptors (Lipinski definition) is 4. The standard InChI is InChI=1S/C19H18BrN3OS/c1-4-11-21-19-23(22-14(3)18-10-9-13(2)24-18)17(12-25-19)15-7-5-6-8-16(15)20/h4-10,12H,1,11H2,2-3H3. The molecular formula is C19H18BrN3OS. The molecule has 0 aliphatic carbocycles. The van der Waals surface area contributed by atoms with Gasteiger partial charge in [-0.2, -0.15) is 5.10 Å². The second-order valence-electron chi connectivity index (χ2n) is 5.42. The molecule has 0 amide bonds. The van der Waals surface area contributed by atoms with Gasteiger partial charge in [-0.25, -0.2) is 4.68 Å². The number of aromatic nitrogens is 1. The molecule has 0 saturated carbocycles. The van der Waals surface area contributed by atoms with Gasteiger partial charge in [0.05, 0.1) is 12.2 Å². The SMILES string of the molecule is C=CCN=c1scc(-c2ccccc2Br)n1N=C(C)c1ccc(C)o1. The summed E-state index contributed by atoms with van der Waals surface area (Å²) in [6.07, 6.45) is 1.77. The normalized spacial score (nSPS) is 12.6. The predicted molar refractivity (Wildman–Crippen MR) is 107 cm³/mol. The minimum Gasteiger partial charge on any atom is -0.460 e. The average molecular weight is 416 g/mol. The molecule has 0 atom stereocenters. The summed E-state index contributed by atoms with van der Waals surface area (Å²) in [5.74, 6) is 1.62. The molecule has 0 aliphatic rings. The smallest absolute Gasteiger partial charge is 0.206 e. The lowest BCUT2D eigenvalue weighted by Gasteiger charge is -2.07. The lowest BCUT2D eigenvalue weighted by Crippen LogP contribution is -2.14. The van der Waals surface area contributed by atoms with Crippen molar-refractivity contribution in [1.82, 2.24) is 4.68 Å². The number of halogens is 1. The fourth-order valence-corrected chi connectivity index (χ4v) is 3.65. The molecule has 0 radical (unpaired) electrons. The first-order valence-electron chi connectivity index (χ1n) is 7.79. The Morgan fingerprint density at radius 1 is 1.32 bits per heavy atom. The molecule has 2 aromatic heterocycles. The molecular weight excluding hydrogens is 398 g/mol. The van der Waals surface area contributed by atoms with Crippen LogP contribution in [0.1, 0.15) is 18.4 Å². The van der Waals surface area contributed by atoms with Gasteiger partial charge >= 0.3 is 0 Å². The van der Waals surface area contributed by atoms with Crippen LogP contribution in [-0.2, 0) is 0 Å². The van der Waals surface area contributed by atoms with Gasteiger partial charge in [-0.1, -0.05) is 40.2 Å². The summed E-state index contributed by atoms with van der Waals surface area (Å²) >= 11 is 5.17. The van der Waals surface area contributed by atoms with E-state index in [4.69, 9.17) is 9.52 Å². The van der Waals surface area contributed by atoms with Crippen LogP contribution < -0.4 is 4.80 Å². The Balaban J connectivity index is 2.17. The maximum Gasteiger partial charge on any atom is 0.206 e. The largest absolute Gasteiger partial charge is 0.460 e. The van der Waals surface area contributed by atoms with Crippen molar-refractivity contribution in [2.24, 2.45) is 10.1 Å². The zero-order chi connectivity index (χ0) is 17.8. The minimum absolute atomic E-state index is 0.546. The quantitative estimate of drug-likeness (QED) is 0.414. The van der Waals surface area contributed by atoms with Gasteiger partial charge in [0.1, 0.15) is 17.2 Å². The summed E-state index contributed by atoms with van der Waals surface area (Å²) in [4.78, 5) is 5.38. The number of rotatable bonds is 5. The van der Waals surface area contributed by atoms with Gasteiger partial charge in [0.2, 0.25) is 4.80 Å². The molecule has 0 aliphatic heterocycles. The van der Waals surface area contributed by atoms with E-state index in [1.54, 1.807) is 17.4 Å². The highest BCUT2D eigenvalue weighted by atomic mass is 79.9. The first-order chi connectivity index (χ1) is 12.1. The maximum absolute atomic E-state index is 5.69. The van der Waals surface area contributed by atoms with E-state index in [9.17, 15) is 0 Å². The van der Waals surface area contributed by atoms with Crippen LogP contribution in [0.5, 0.6) is 0 Å². The van der Waals surface area contributed by atoms with Gasteiger partial charge in [-0.15, -0.1) is 17.9 Å². The third-order valence-electron chi connectivity index (χ3n) is 3.54. The molecule has 0 saturated heterocycles. The molecule has 25 heavy (non-hydrogen) atoms. The predicted octanol–water partition coefficient (Wildman–Crippen LogP) is 5.24. The highest BCUT2D eigenvalue weighted by molar-refractivity contribution is 9.10. The van der Waals surface area contributed by atoms with Crippen LogP contribution in [0.25, 0.3) is 11.3 Å². The summed E-state index contributed by atoms with van der Waals surface area (Å²) in [5, 5.41) is 6.84. The topological polar surface area (TPSA) is 42.8 Å². The van der Waals surface area contributed by atoms with Crippen LogP contribution >= 0.6 is 27.3 Å². The summed E-state index contributed by atoms with van der Waals surface area (Å²) < 4.78 is 8.56. The van der Waals surface area contributed by atoms with Crippen LogP contribution in [0.4, 0.5) is 0 Å². The van der Waals surface area contributed by atoms with Gasteiger partial charge in [0.15, 0.2) is 0 Å². The average Bonchev–Trinajstić information content (AvgIpc) is 3.20. The van der Waals surface area contributed by atoms with Crippen molar-refractivity contribution < 1.29 is 4.42 Å². The zero-order valence-electron chi connectivity index (χ0n) is 14.1. The third kappa shape index (κ3) is 3.91. The van der Waals surface area contributed by atoms with E-state index in [1.807, 2.05) is 48.9 Å². The summed E-state index contributed by atoms with van der Waals surface area (Å²) in [6, 6.07) is 11.9. The van der Waals surface area contributed by atoms with Gasteiger partial charge < -0.3 is 4.42 Å². The second kappa shape index (κ2) is 7.80. The second-order valence-corrected chi connectivity index (χ2v) is 7.11. The van der Waals surface area contributed by atoms with Crippen molar-refractivity contribution in [1.29, 1.82) is 0 Å². The van der Waals surface area contributed by atoms with Crippen LogP contribution in [-0.4, -0.2) is 16.9 Å². The fraction of sp³-hybridized carbons (Fsp3) is 0.158. The molecule has 128 valence electrons. The van der Waals surface area contributed by atoms with Crippen molar-refractivity contribution in [3.05, 3.63) is 75.2 Å². The van der Waals surface area contributed by atoms with E-state index in [-0.39, 0.29) is 0 Å². The Morgan fingerprint density at radius 3 is 2.80 bits per heavy atom. The molecule has 0 N–H and O–H groups in total.